The Balaban J connectivity index is 2.44. The van der Waals surface area contributed by atoms with Gasteiger partial charge in [0.25, 0.3) is 5.91 Å². The number of hydrogen-bond donors (Lipinski definition) is 1. The highest BCUT2D eigenvalue weighted by atomic mass is 16.5. The molecule has 0 aliphatic carbocycles. The fourth-order valence-electron chi connectivity index (χ4n) is 1.93. The van der Waals surface area contributed by atoms with Gasteiger partial charge in [0.05, 0.1) is 17.2 Å². The fraction of sp³-hybridized carbons (Fsp3) is 0.0625. The molecule has 5 heteroatoms. The predicted octanol–water partition coefficient (Wildman–Crippen LogP) is 1.87. The van der Waals surface area contributed by atoms with Gasteiger partial charge in [0, 0.05) is 5.56 Å². The quantitative estimate of drug-likeness (QED) is 0.865. The van der Waals surface area contributed by atoms with E-state index in [0.29, 0.717) is 16.7 Å². The summed E-state index contributed by atoms with van der Waals surface area (Å²) < 4.78 is 4.83. The zero-order valence-corrected chi connectivity index (χ0v) is 11.1. The minimum Gasteiger partial charge on any atom is -0.452 e. The molecule has 104 valence electrons. The first-order valence-corrected chi connectivity index (χ1v) is 6.17. The van der Waals surface area contributed by atoms with Crippen molar-refractivity contribution in [2.45, 2.75) is 0 Å². The summed E-state index contributed by atoms with van der Waals surface area (Å²) in [4.78, 5) is 22.7. The number of nitrogens with zero attached hydrogens (tertiary/aromatic N) is 1. The fourth-order valence-corrected chi connectivity index (χ4v) is 1.93. The van der Waals surface area contributed by atoms with E-state index < -0.39 is 18.5 Å². The summed E-state index contributed by atoms with van der Waals surface area (Å²) in [5.41, 5.74) is 6.89. The van der Waals surface area contributed by atoms with Crippen LogP contribution in [-0.4, -0.2) is 18.5 Å². The largest absolute Gasteiger partial charge is 0.452 e. The van der Waals surface area contributed by atoms with Gasteiger partial charge in [-0.3, -0.25) is 4.79 Å². The van der Waals surface area contributed by atoms with E-state index in [9.17, 15) is 9.59 Å². The molecular weight excluding hydrogens is 268 g/mol. The number of hydrogen-bond acceptors (Lipinski definition) is 4. The molecule has 0 bridgehead atoms. The Bertz CT molecular complexity index is 732. The lowest BCUT2D eigenvalue weighted by atomic mass is 9.96. The van der Waals surface area contributed by atoms with Gasteiger partial charge in [0.15, 0.2) is 6.61 Å². The monoisotopic (exact) mass is 280 g/mol. The molecule has 0 aliphatic heterocycles. The van der Waals surface area contributed by atoms with Crippen molar-refractivity contribution in [2.24, 2.45) is 5.73 Å². The van der Waals surface area contributed by atoms with E-state index in [0.717, 1.165) is 0 Å². The molecule has 2 N–H and O–H groups in total. The molecule has 0 atom stereocenters. The molecule has 0 spiro atoms. The maximum absolute atomic E-state index is 12.0. The highest BCUT2D eigenvalue weighted by Gasteiger charge is 2.16. The summed E-state index contributed by atoms with van der Waals surface area (Å²) in [6, 6.07) is 15.8. The van der Waals surface area contributed by atoms with E-state index >= 15 is 0 Å². The molecule has 0 saturated heterocycles. The van der Waals surface area contributed by atoms with E-state index in [1.807, 2.05) is 0 Å². The molecule has 0 aromatic heterocycles. The van der Waals surface area contributed by atoms with Gasteiger partial charge >= 0.3 is 5.97 Å². The molecule has 5 nitrogen and oxygen atoms in total. The van der Waals surface area contributed by atoms with E-state index in [1.165, 1.54) is 0 Å². The Morgan fingerprint density at radius 3 is 2.33 bits per heavy atom. The molecule has 0 aliphatic rings. The molecule has 21 heavy (non-hydrogen) atoms. The Morgan fingerprint density at radius 1 is 1.05 bits per heavy atom. The third-order valence-electron chi connectivity index (χ3n) is 2.83. The molecule has 0 saturated carbocycles. The van der Waals surface area contributed by atoms with Gasteiger partial charge in [0.1, 0.15) is 0 Å². The SMILES string of the molecule is N#Cc1ccccc1-c1ccccc1C(=O)OCC(N)=O. The summed E-state index contributed by atoms with van der Waals surface area (Å²) in [5, 5.41) is 9.16. The highest BCUT2D eigenvalue weighted by Crippen LogP contribution is 2.27. The molecule has 2 rings (SSSR count). The Labute approximate surface area is 121 Å². The van der Waals surface area contributed by atoms with Gasteiger partial charge in [-0.05, 0) is 17.7 Å². The Morgan fingerprint density at radius 2 is 1.67 bits per heavy atom. The van der Waals surface area contributed by atoms with Gasteiger partial charge in [0.2, 0.25) is 0 Å². The van der Waals surface area contributed by atoms with Crippen LogP contribution >= 0.6 is 0 Å². The average molecular weight is 280 g/mol. The highest BCUT2D eigenvalue weighted by molar-refractivity contribution is 5.98. The second kappa shape index (κ2) is 6.35. The molecule has 2 aromatic carbocycles. The lowest BCUT2D eigenvalue weighted by molar-refractivity contribution is -0.121. The third kappa shape index (κ3) is 3.25. The minimum absolute atomic E-state index is 0.279. The van der Waals surface area contributed by atoms with Crippen LogP contribution in [-0.2, 0) is 9.53 Å². The summed E-state index contributed by atoms with van der Waals surface area (Å²) >= 11 is 0. The molecule has 0 unspecified atom stereocenters. The first-order valence-electron chi connectivity index (χ1n) is 6.17. The zero-order chi connectivity index (χ0) is 15.2. The van der Waals surface area contributed by atoms with Gasteiger partial charge < -0.3 is 10.5 Å². The van der Waals surface area contributed by atoms with Crippen LogP contribution in [0.5, 0.6) is 0 Å². The number of primary amides is 1. The van der Waals surface area contributed by atoms with Gasteiger partial charge in [-0.1, -0.05) is 36.4 Å². The van der Waals surface area contributed by atoms with Crippen molar-refractivity contribution in [1.29, 1.82) is 5.26 Å². The van der Waals surface area contributed by atoms with Crippen LogP contribution < -0.4 is 5.73 Å². The van der Waals surface area contributed by atoms with Crippen LogP contribution in [0.4, 0.5) is 0 Å². The smallest absolute Gasteiger partial charge is 0.339 e. The van der Waals surface area contributed by atoms with Gasteiger partial charge in [-0.15, -0.1) is 0 Å². The van der Waals surface area contributed by atoms with Crippen LogP contribution in [0, 0.1) is 11.3 Å². The van der Waals surface area contributed by atoms with E-state index in [4.69, 9.17) is 15.7 Å². The summed E-state index contributed by atoms with van der Waals surface area (Å²) in [6.07, 6.45) is 0. The first kappa shape index (κ1) is 14.3. The number of benzene rings is 2. The zero-order valence-electron chi connectivity index (χ0n) is 11.1. The summed E-state index contributed by atoms with van der Waals surface area (Å²) in [6.45, 7) is -0.479. The number of ether oxygens (including phenoxy) is 1. The summed E-state index contributed by atoms with van der Waals surface area (Å²) in [5.74, 6) is -1.38. The maximum Gasteiger partial charge on any atom is 0.339 e. The van der Waals surface area contributed by atoms with Crippen LogP contribution in [0.2, 0.25) is 0 Å². The summed E-state index contributed by atoms with van der Waals surface area (Å²) in [7, 11) is 0. The Hall–Kier alpha value is -3.13. The lowest BCUT2D eigenvalue weighted by Crippen LogP contribution is -2.21. The first-order chi connectivity index (χ1) is 10.1. The molecule has 0 heterocycles. The van der Waals surface area contributed by atoms with Crippen LogP contribution in [0.1, 0.15) is 15.9 Å². The van der Waals surface area contributed by atoms with Crippen LogP contribution in [0.3, 0.4) is 0 Å². The molecular formula is C16H12N2O3. The van der Waals surface area contributed by atoms with Gasteiger partial charge in [-0.25, -0.2) is 4.79 Å². The van der Waals surface area contributed by atoms with Crippen molar-refractivity contribution in [1.82, 2.24) is 0 Å². The van der Waals surface area contributed by atoms with Crippen molar-refractivity contribution >= 4 is 11.9 Å². The molecule has 0 radical (unpaired) electrons. The standard InChI is InChI=1S/C16H12N2O3/c17-9-11-5-1-2-6-12(11)13-7-3-4-8-14(13)16(20)21-10-15(18)19/h1-8H,10H2,(H2,18,19). The predicted molar refractivity (Wildman–Crippen MR) is 76.1 cm³/mol. The van der Waals surface area contributed by atoms with Gasteiger partial charge in [-0.2, -0.15) is 5.26 Å². The second-order valence-electron chi connectivity index (χ2n) is 4.25. The lowest BCUT2D eigenvalue weighted by Gasteiger charge is -2.10. The van der Waals surface area contributed by atoms with Crippen LogP contribution in [0.25, 0.3) is 11.1 Å². The van der Waals surface area contributed by atoms with Crippen molar-refractivity contribution < 1.29 is 14.3 Å². The van der Waals surface area contributed by atoms with E-state index in [1.54, 1.807) is 48.5 Å². The van der Waals surface area contributed by atoms with Crippen molar-refractivity contribution in [2.75, 3.05) is 6.61 Å². The molecule has 0 fully saturated rings. The minimum atomic E-state index is -0.724. The topological polar surface area (TPSA) is 93.2 Å². The van der Waals surface area contributed by atoms with Crippen molar-refractivity contribution in [3.8, 4) is 17.2 Å². The molecule has 1 amide bonds. The number of carbonyl (C=O) groups excluding carboxylic acids is 2. The van der Waals surface area contributed by atoms with Crippen molar-refractivity contribution in [3.63, 3.8) is 0 Å². The normalized spacial score (nSPS) is 9.67. The number of rotatable bonds is 4. The Kier molecular flexibility index (Phi) is 4.32. The average Bonchev–Trinajstić information content (AvgIpc) is 2.52. The number of nitriles is 1. The number of amides is 1. The van der Waals surface area contributed by atoms with E-state index in [2.05, 4.69) is 6.07 Å². The third-order valence-corrected chi connectivity index (χ3v) is 2.83. The number of esters is 1. The van der Waals surface area contributed by atoms with E-state index in [-0.39, 0.29) is 5.56 Å². The second-order valence-corrected chi connectivity index (χ2v) is 4.25. The maximum atomic E-state index is 12.0. The molecule has 2 aromatic rings. The number of nitrogens with two attached hydrogens (primary N) is 1. The number of carbonyl (C=O) groups is 2. The van der Waals surface area contributed by atoms with Crippen LogP contribution in [0.15, 0.2) is 48.5 Å². The van der Waals surface area contributed by atoms with Crippen molar-refractivity contribution in [3.05, 3.63) is 59.7 Å².